The number of amides is 1. The predicted octanol–water partition coefficient (Wildman–Crippen LogP) is 2.95. The number of nitrogens with one attached hydrogen (secondary N) is 1. The lowest BCUT2D eigenvalue weighted by Gasteiger charge is -2.33. The van der Waals surface area contributed by atoms with Gasteiger partial charge in [0.15, 0.2) is 5.76 Å². The zero-order chi connectivity index (χ0) is 16.9. The lowest BCUT2D eigenvalue weighted by molar-refractivity contribution is 0.0923. The summed E-state index contributed by atoms with van der Waals surface area (Å²) in [5.74, 6) is 0.234. The summed E-state index contributed by atoms with van der Waals surface area (Å²) in [6.45, 7) is 9.60. The predicted molar refractivity (Wildman–Crippen MR) is 99.4 cm³/mol. The van der Waals surface area contributed by atoms with Crippen molar-refractivity contribution in [2.24, 2.45) is 0 Å². The molecule has 0 bridgehead atoms. The SMILES string of the molecule is CCN1CCN(CCCNC(=O)c2cc3cc(Br)ccc3o2)CC1. The first-order valence-corrected chi connectivity index (χ1v) is 9.37. The maximum atomic E-state index is 12.2. The summed E-state index contributed by atoms with van der Waals surface area (Å²) in [6, 6.07) is 7.52. The molecule has 0 spiro atoms. The highest BCUT2D eigenvalue weighted by Gasteiger charge is 2.15. The van der Waals surface area contributed by atoms with E-state index >= 15 is 0 Å². The van der Waals surface area contributed by atoms with E-state index in [2.05, 4.69) is 38.0 Å². The molecule has 0 aliphatic carbocycles. The lowest BCUT2D eigenvalue weighted by atomic mass is 10.2. The highest BCUT2D eigenvalue weighted by molar-refractivity contribution is 9.10. The minimum atomic E-state index is -0.141. The third-order valence-corrected chi connectivity index (χ3v) is 5.04. The first-order chi connectivity index (χ1) is 11.7. The van der Waals surface area contributed by atoms with Crippen molar-refractivity contribution < 1.29 is 9.21 Å². The average molecular weight is 394 g/mol. The van der Waals surface area contributed by atoms with E-state index in [4.69, 9.17) is 4.42 Å². The molecule has 1 amide bonds. The minimum absolute atomic E-state index is 0.141. The Hall–Kier alpha value is -1.37. The van der Waals surface area contributed by atoms with Crippen LogP contribution in [0.15, 0.2) is 33.2 Å². The maximum Gasteiger partial charge on any atom is 0.287 e. The molecule has 1 aromatic carbocycles. The minimum Gasteiger partial charge on any atom is -0.451 e. The van der Waals surface area contributed by atoms with Crippen LogP contribution in [0, 0.1) is 0 Å². The largest absolute Gasteiger partial charge is 0.451 e. The monoisotopic (exact) mass is 393 g/mol. The quantitative estimate of drug-likeness (QED) is 0.766. The number of halogens is 1. The van der Waals surface area contributed by atoms with Crippen LogP contribution in [0.25, 0.3) is 11.0 Å². The Morgan fingerprint density at radius 1 is 1.21 bits per heavy atom. The van der Waals surface area contributed by atoms with Gasteiger partial charge >= 0.3 is 0 Å². The summed E-state index contributed by atoms with van der Waals surface area (Å²) < 4.78 is 6.58. The number of carbonyl (C=O) groups is 1. The summed E-state index contributed by atoms with van der Waals surface area (Å²) >= 11 is 3.43. The zero-order valence-corrected chi connectivity index (χ0v) is 15.6. The zero-order valence-electron chi connectivity index (χ0n) is 14.1. The van der Waals surface area contributed by atoms with E-state index in [1.54, 1.807) is 6.07 Å². The fourth-order valence-electron chi connectivity index (χ4n) is 3.05. The van der Waals surface area contributed by atoms with Gasteiger partial charge in [-0.15, -0.1) is 0 Å². The molecule has 2 heterocycles. The molecule has 1 aliphatic rings. The van der Waals surface area contributed by atoms with Crippen LogP contribution in [0.2, 0.25) is 0 Å². The van der Waals surface area contributed by atoms with E-state index < -0.39 is 0 Å². The Kier molecular flexibility index (Phi) is 5.92. The van der Waals surface area contributed by atoms with Crippen molar-refractivity contribution in [3.63, 3.8) is 0 Å². The highest BCUT2D eigenvalue weighted by atomic mass is 79.9. The van der Waals surface area contributed by atoms with Crippen LogP contribution in [0.4, 0.5) is 0 Å². The van der Waals surface area contributed by atoms with Crippen molar-refractivity contribution >= 4 is 32.8 Å². The normalized spacial score (nSPS) is 16.6. The third-order valence-electron chi connectivity index (χ3n) is 4.55. The van der Waals surface area contributed by atoms with Gasteiger partial charge in [-0.3, -0.25) is 4.79 Å². The number of hydrogen-bond donors (Lipinski definition) is 1. The Bertz CT molecular complexity index is 693. The molecule has 3 rings (SSSR count). The topological polar surface area (TPSA) is 48.7 Å². The number of nitrogens with zero attached hydrogens (tertiary/aromatic N) is 2. The number of furan rings is 1. The van der Waals surface area contributed by atoms with Crippen LogP contribution in [-0.2, 0) is 0 Å². The number of carbonyl (C=O) groups excluding carboxylic acids is 1. The van der Waals surface area contributed by atoms with Crippen LogP contribution in [0.5, 0.6) is 0 Å². The molecule has 1 aromatic heterocycles. The first-order valence-electron chi connectivity index (χ1n) is 8.57. The van der Waals surface area contributed by atoms with Crippen molar-refractivity contribution in [3.05, 3.63) is 34.5 Å². The molecule has 0 saturated carbocycles. The van der Waals surface area contributed by atoms with Crippen molar-refractivity contribution in [2.45, 2.75) is 13.3 Å². The van der Waals surface area contributed by atoms with Gasteiger partial charge in [0.2, 0.25) is 0 Å². The number of hydrogen-bond acceptors (Lipinski definition) is 4. The van der Waals surface area contributed by atoms with E-state index in [9.17, 15) is 4.79 Å². The van der Waals surface area contributed by atoms with Gasteiger partial charge in [-0.1, -0.05) is 22.9 Å². The molecule has 130 valence electrons. The number of rotatable bonds is 6. The van der Waals surface area contributed by atoms with Gasteiger partial charge in [0.05, 0.1) is 0 Å². The Balaban J connectivity index is 1.42. The smallest absolute Gasteiger partial charge is 0.287 e. The molecule has 0 atom stereocenters. The fraction of sp³-hybridized carbons (Fsp3) is 0.500. The van der Waals surface area contributed by atoms with Gasteiger partial charge in [0.1, 0.15) is 5.58 Å². The van der Waals surface area contributed by atoms with Crippen LogP contribution in [0.3, 0.4) is 0 Å². The summed E-state index contributed by atoms with van der Waals surface area (Å²) in [6.07, 6.45) is 0.962. The van der Waals surface area contributed by atoms with E-state index in [0.29, 0.717) is 12.3 Å². The fourth-order valence-corrected chi connectivity index (χ4v) is 3.43. The third kappa shape index (κ3) is 4.37. The van der Waals surface area contributed by atoms with Gasteiger partial charge in [-0.05, 0) is 43.8 Å². The van der Waals surface area contributed by atoms with Crippen LogP contribution < -0.4 is 5.32 Å². The first kappa shape index (κ1) is 17.5. The van der Waals surface area contributed by atoms with Gasteiger partial charge in [-0.2, -0.15) is 0 Å². The molecule has 2 aromatic rings. The number of likely N-dealkylation sites (N-methyl/N-ethyl adjacent to an activating group) is 1. The summed E-state index contributed by atoms with van der Waals surface area (Å²) in [5.41, 5.74) is 0.733. The van der Waals surface area contributed by atoms with Gasteiger partial charge < -0.3 is 19.5 Å². The van der Waals surface area contributed by atoms with Gasteiger partial charge in [-0.25, -0.2) is 0 Å². The molecule has 0 unspecified atom stereocenters. The molecule has 0 radical (unpaired) electrons. The maximum absolute atomic E-state index is 12.2. The van der Waals surface area contributed by atoms with Gasteiger partial charge in [0, 0.05) is 42.6 Å². The van der Waals surface area contributed by atoms with E-state index in [1.165, 1.54) is 0 Å². The van der Waals surface area contributed by atoms with Crippen molar-refractivity contribution in [1.82, 2.24) is 15.1 Å². The summed E-state index contributed by atoms with van der Waals surface area (Å²) in [7, 11) is 0. The molecular formula is C18H24BrN3O2. The van der Waals surface area contributed by atoms with Gasteiger partial charge in [0.25, 0.3) is 5.91 Å². The molecule has 5 nitrogen and oxygen atoms in total. The Morgan fingerprint density at radius 3 is 2.71 bits per heavy atom. The van der Waals surface area contributed by atoms with Crippen LogP contribution in [-0.4, -0.2) is 61.5 Å². The van der Waals surface area contributed by atoms with Crippen molar-refractivity contribution in [2.75, 3.05) is 45.8 Å². The molecule has 1 aliphatic heterocycles. The average Bonchev–Trinajstić information content (AvgIpc) is 3.02. The number of benzene rings is 1. The second-order valence-corrected chi connectivity index (χ2v) is 7.09. The summed E-state index contributed by atoms with van der Waals surface area (Å²) in [4.78, 5) is 17.1. The lowest BCUT2D eigenvalue weighted by Crippen LogP contribution is -2.46. The van der Waals surface area contributed by atoms with Crippen molar-refractivity contribution in [3.8, 4) is 0 Å². The van der Waals surface area contributed by atoms with E-state index in [0.717, 1.165) is 61.1 Å². The van der Waals surface area contributed by atoms with Crippen LogP contribution >= 0.6 is 15.9 Å². The molecule has 1 fully saturated rings. The molecule has 1 saturated heterocycles. The number of piperazine rings is 1. The Labute approximate surface area is 151 Å². The van der Waals surface area contributed by atoms with E-state index in [1.807, 2.05) is 18.2 Å². The second-order valence-electron chi connectivity index (χ2n) is 6.18. The van der Waals surface area contributed by atoms with Crippen LogP contribution in [0.1, 0.15) is 23.9 Å². The number of fused-ring (bicyclic) bond motifs is 1. The van der Waals surface area contributed by atoms with E-state index in [-0.39, 0.29) is 5.91 Å². The highest BCUT2D eigenvalue weighted by Crippen LogP contribution is 2.23. The summed E-state index contributed by atoms with van der Waals surface area (Å²) in [5, 5.41) is 3.89. The molecule has 6 heteroatoms. The molecule has 24 heavy (non-hydrogen) atoms. The van der Waals surface area contributed by atoms with Crippen molar-refractivity contribution in [1.29, 1.82) is 0 Å². The molecule has 1 N–H and O–H groups in total. The standard InChI is InChI=1S/C18H24BrN3O2/c1-2-21-8-10-22(11-9-21)7-3-6-20-18(23)17-13-14-12-15(19)4-5-16(14)24-17/h4-5,12-13H,2-3,6-11H2,1H3,(H,20,23). The second kappa shape index (κ2) is 8.14. The Morgan fingerprint density at radius 2 is 1.96 bits per heavy atom. The molecular weight excluding hydrogens is 370 g/mol.